The van der Waals surface area contributed by atoms with Crippen LogP contribution in [0.2, 0.25) is 0 Å². The number of halogens is 2. The van der Waals surface area contributed by atoms with E-state index in [9.17, 15) is 13.6 Å². The fraction of sp³-hybridized carbons (Fsp3) is 0.231. The number of benzene rings is 1. The summed E-state index contributed by atoms with van der Waals surface area (Å²) in [7, 11) is 1.11. The highest BCUT2D eigenvalue weighted by Crippen LogP contribution is 2.21. The van der Waals surface area contributed by atoms with Crippen molar-refractivity contribution < 1.29 is 18.3 Å². The van der Waals surface area contributed by atoms with Crippen LogP contribution >= 0.6 is 11.3 Å². The van der Waals surface area contributed by atoms with Gasteiger partial charge in [0.1, 0.15) is 0 Å². The maximum absolute atomic E-state index is 13.8. The first-order valence-corrected chi connectivity index (χ1v) is 6.70. The minimum absolute atomic E-state index is 0.00621. The Hall–Kier alpha value is -2.02. The van der Waals surface area contributed by atoms with E-state index >= 15 is 0 Å². The van der Waals surface area contributed by atoms with Crippen molar-refractivity contribution in [3.05, 3.63) is 45.9 Å². The number of carbonyl (C=O) groups excluding carboxylic acids is 1. The van der Waals surface area contributed by atoms with E-state index in [4.69, 9.17) is 0 Å². The standard InChI is InChI=1S/C13H12F2N2O2S/c1-19-13(18)8-2-3-9(12(15)11(8)14)16-5-4-10-17-6-7-20-10/h2-3,6-7,16H,4-5H2,1H3. The molecule has 0 saturated carbocycles. The predicted molar refractivity (Wildman–Crippen MR) is 72.0 cm³/mol. The van der Waals surface area contributed by atoms with Crippen LogP contribution in [-0.4, -0.2) is 24.6 Å². The molecule has 0 aliphatic rings. The Balaban J connectivity index is 2.05. The first kappa shape index (κ1) is 14.4. The SMILES string of the molecule is COC(=O)c1ccc(NCCc2nccs2)c(F)c1F. The molecule has 106 valence electrons. The van der Waals surface area contributed by atoms with E-state index < -0.39 is 23.2 Å². The highest BCUT2D eigenvalue weighted by molar-refractivity contribution is 7.09. The van der Waals surface area contributed by atoms with Crippen LogP contribution in [0.3, 0.4) is 0 Å². The van der Waals surface area contributed by atoms with Gasteiger partial charge in [0.2, 0.25) is 0 Å². The predicted octanol–water partition coefficient (Wildman–Crippen LogP) is 2.86. The summed E-state index contributed by atoms with van der Waals surface area (Å²) in [5.41, 5.74) is -0.415. The molecule has 0 aliphatic heterocycles. The van der Waals surface area contributed by atoms with Crippen molar-refractivity contribution in [3.63, 3.8) is 0 Å². The highest BCUT2D eigenvalue weighted by Gasteiger charge is 2.18. The lowest BCUT2D eigenvalue weighted by molar-refractivity contribution is 0.0594. The van der Waals surface area contributed by atoms with E-state index in [0.29, 0.717) is 13.0 Å². The topological polar surface area (TPSA) is 51.2 Å². The smallest absolute Gasteiger partial charge is 0.340 e. The van der Waals surface area contributed by atoms with E-state index in [0.717, 1.165) is 12.1 Å². The first-order valence-electron chi connectivity index (χ1n) is 5.82. The van der Waals surface area contributed by atoms with Crippen LogP contribution in [0.5, 0.6) is 0 Å². The third-order valence-electron chi connectivity index (χ3n) is 2.63. The second kappa shape index (κ2) is 6.42. The molecule has 0 spiro atoms. The lowest BCUT2D eigenvalue weighted by atomic mass is 10.2. The van der Waals surface area contributed by atoms with Gasteiger partial charge in [-0.15, -0.1) is 11.3 Å². The van der Waals surface area contributed by atoms with E-state index in [1.165, 1.54) is 23.5 Å². The summed E-state index contributed by atoms with van der Waals surface area (Å²) in [6.07, 6.45) is 2.29. The van der Waals surface area contributed by atoms with Gasteiger partial charge in [-0.3, -0.25) is 0 Å². The summed E-state index contributed by atoms with van der Waals surface area (Å²) in [5, 5.41) is 5.53. The Morgan fingerprint density at radius 1 is 1.40 bits per heavy atom. The molecule has 1 heterocycles. The van der Waals surface area contributed by atoms with Gasteiger partial charge in [0, 0.05) is 24.5 Å². The number of hydrogen-bond acceptors (Lipinski definition) is 5. The van der Waals surface area contributed by atoms with Gasteiger partial charge in [-0.1, -0.05) is 0 Å². The summed E-state index contributed by atoms with van der Waals surface area (Å²) in [4.78, 5) is 15.3. The molecule has 0 fully saturated rings. The summed E-state index contributed by atoms with van der Waals surface area (Å²) in [5.74, 6) is -3.21. The number of anilines is 1. The van der Waals surface area contributed by atoms with Crippen LogP contribution in [0.4, 0.5) is 14.5 Å². The van der Waals surface area contributed by atoms with E-state index in [2.05, 4.69) is 15.0 Å². The Morgan fingerprint density at radius 3 is 2.85 bits per heavy atom. The number of carbonyl (C=O) groups is 1. The van der Waals surface area contributed by atoms with Gasteiger partial charge < -0.3 is 10.1 Å². The fourth-order valence-corrected chi connectivity index (χ4v) is 2.25. The quantitative estimate of drug-likeness (QED) is 0.862. The van der Waals surface area contributed by atoms with Crippen LogP contribution < -0.4 is 5.32 Å². The minimum Gasteiger partial charge on any atom is -0.465 e. The zero-order valence-electron chi connectivity index (χ0n) is 10.7. The summed E-state index contributed by atoms with van der Waals surface area (Å²) in [6, 6.07) is 2.50. The lowest BCUT2D eigenvalue weighted by Crippen LogP contribution is -2.11. The fourth-order valence-electron chi connectivity index (χ4n) is 1.63. The van der Waals surface area contributed by atoms with Gasteiger partial charge in [-0.05, 0) is 12.1 Å². The third-order valence-corrected chi connectivity index (χ3v) is 3.46. The largest absolute Gasteiger partial charge is 0.465 e. The molecule has 7 heteroatoms. The van der Waals surface area contributed by atoms with Crippen LogP contribution in [0.25, 0.3) is 0 Å². The Bertz CT molecular complexity index is 603. The van der Waals surface area contributed by atoms with E-state index in [1.807, 2.05) is 5.38 Å². The second-order valence-corrected chi connectivity index (χ2v) is 4.86. The normalized spacial score (nSPS) is 10.3. The van der Waals surface area contributed by atoms with Crippen molar-refractivity contribution in [3.8, 4) is 0 Å². The molecule has 1 N–H and O–H groups in total. The Morgan fingerprint density at radius 2 is 2.20 bits per heavy atom. The molecule has 1 aromatic carbocycles. The number of ether oxygens (including phenoxy) is 1. The molecule has 0 saturated heterocycles. The molecule has 0 atom stereocenters. The minimum atomic E-state index is -1.21. The summed E-state index contributed by atoms with van der Waals surface area (Å²) >= 11 is 1.49. The average molecular weight is 298 g/mol. The Labute approximate surface area is 118 Å². The van der Waals surface area contributed by atoms with Gasteiger partial charge in [0.05, 0.1) is 23.4 Å². The molecule has 0 radical (unpaired) electrons. The van der Waals surface area contributed by atoms with Crippen LogP contribution in [-0.2, 0) is 11.2 Å². The van der Waals surface area contributed by atoms with Crippen molar-refractivity contribution in [1.29, 1.82) is 0 Å². The number of nitrogens with zero attached hydrogens (tertiary/aromatic N) is 1. The molecular weight excluding hydrogens is 286 g/mol. The first-order chi connectivity index (χ1) is 9.63. The molecule has 2 aromatic rings. The number of nitrogens with one attached hydrogen (secondary N) is 1. The molecule has 0 amide bonds. The molecular formula is C13H12F2N2O2S. The van der Waals surface area contributed by atoms with Crippen molar-refractivity contribution in [2.75, 3.05) is 19.0 Å². The molecule has 4 nitrogen and oxygen atoms in total. The highest BCUT2D eigenvalue weighted by atomic mass is 32.1. The van der Waals surface area contributed by atoms with Crippen molar-refractivity contribution in [2.24, 2.45) is 0 Å². The zero-order valence-corrected chi connectivity index (χ0v) is 11.5. The van der Waals surface area contributed by atoms with Crippen LogP contribution in [0.1, 0.15) is 15.4 Å². The number of esters is 1. The molecule has 0 aliphatic carbocycles. The second-order valence-electron chi connectivity index (χ2n) is 3.88. The monoisotopic (exact) mass is 298 g/mol. The molecule has 0 bridgehead atoms. The average Bonchev–Trinajstić information content (AvgIpc) is 2.96. The number of thiazole rings is 1. The zero-order chi connectivity index (χ0) is 14.5. The molecule has 1 aromatic heterocycles. The number of hydrogen-bond donors (Lipinski definition) is 1. The van der Waals surface area contributed by atoms with Crippen LogP contribution in [0.15, 0.2) is 23.7 Å². The molecule has 20 heavy (non-hydrogen) atoms. The third kappa shape index (κ3) is 3.11. The molecule has 0 unspecified atom stereocenters. The van der Waals surface area contributed by atoms with E-state index in [1.54, 1.807) is 6.20 Å². The summed E-state index contributed by atoms with van der Waals surface area (Å²) < 4.78 is 31.8. The van der Waals surface area contributed by atoms with Crippen molar-refractivity contribution in [2.45, 2.75) is 6.42 Å². The number of methoxy groups -OCH3 is 1. The lowest BCUT2D eigenvalue weighted by Gasteiger charge is -2.09. The van der Waals surface area contributed by atoms with Gasteiger partial charge >= 0.3 is 5.97 Å². The van der Waals surface area contributed by atoms with Gasteiger partial charge in [-0.25, -0.2) is 18.6 Å². The van der Waals surface area contributed by atoms with Gasteiger partial charge in [0.25, 0.3) is 0 Å². The molecule has 2 rings (SSSR count). The maximum Gasteiger partial charge on any atom is 0.340 e. The summed E-state index contributed by atoms with van der Waals surface area (Å²) in [6.45, 7) is 0.418. The number of rotatable bonds is 5. The van der Waals surface area contributed by atoms with Crippen molar-refractivity contribution >= 4 is 23.0 Å². The van der Waals surface area contributed by atoms with Crippen LogP contribution in [0, 0.1) is 11.6 Å². The maximum atomic E-state index is 13.8. The number of aromatic nitrogens is 1. The van der Waals surface area contributed by atoms with E-state index in [-0.39, 0.29) is 5.69 Å². The van der Waals surface area contributed by atoms with Crippen molar-refractivity contribution in [1.82, 2.24) is 4.98 Å². The van der Waals surface area contributed by atoms with Gasteiger partial charge in [-0.2, -0.15) is 0 Å². The van der Waals surface area contributed by atoms with Gasteiger partial charge in [0.15, 0.2) is 11.6 Å². The Kier molecular flexibility index (Phi) is 4.62.